The summed E-state index contributed by atoms with van der Waals surface area (Å²) in [5, 5.41) is 0.179. The van der Waals surface area contributed by atoms with Crippen LogP contribution in [0.1, 0.15) is 42.5 Å². The van der Waals surface area contributed by atoms with Crippen molar-refractivity contribution in [2.45, 2.75) is 52.4 Å². The average molecular weight is 297 g/mol. The number of aromatic nitrogens is 1. The number of hydrogen-bond acceptors (Lipinski definition) is 3. The van der Waals surface area contributed by atoms with E-state index >= 15 is 0 Å². The van der Waals surface area contributed by atoms with E-state index in [1.54, 1.807) is 0 Å². The molecule has 0 aromatic carbocycles. The summed E-state index contributed by atoms with van der Waals surface area (Å²) < 4.78 is 13.0. The van der Waals surface area contributed by atoms with Gasteiger partial charge in [-0.25, -0.2) is 4.79 Å². The minimum atomic E-state index is -1.78. The van der Waals surface area contributed by atoms with E-state index in [-0.39, 0.29) is 11.0 Å². The third-order valence-electron chi connectivity index (χ3n) is 4.43. The van der Waals surface area contributed by atoms with Crippen LogP contribution in [0.15, 0.2) is 6.07 Å². The summed E-state index contributed by atoms with van der Waals surface area (Å²) in [5.41, 5.74) is 2.53. The maximum atomic E-state index is 11.7. The predicted octanol–water partition coefficient (Wildman–Crippen LogP) is 3.64. The van der Waals surface area contributed by atoms with E-state index in [1.165, 1.54) is 7.11 Å². The molecular weight excluding hydrogens is 270 g/mol. The van der Waals surface area contributed by atoms with Gasteiger partial charge in [0.1, 0.15) is 0 Å². The van der Waals surface area contributed by atoms with E-state index < -0.39 is 8.32 Å². The first-order valence-corrected chi connectivity index (χ1v) is 9.79. The van der Waals surface area contributed by atoms with Crippen LogP contribution in [0.2, 0.25) is 18.1 Å². The maximum Gasteiger partial charge on any atom is 0.339 e. The third-order valence-corrected chi connectivity index (χ3v) is 8.91. The molecule has 0 radical (unpaired) electrons. The Kier molecular flexibility index (Phi) is 4.87. The van der Waals surface area contributed by atoms with Gasteiger partial charge in [0.05, 0.1) is 19.3 Å². The van der Waals surface area contributed by atoms with Crippen molar-refractivity contribution in [2.75, 3.05) is 7.11 Å². The molecule has 0 aliphatic carbocycles. The van der Waals surface area contributed by atoms with Gasteiger partial charge >= 0.3 is 5.97 Å². The molecule has 0 fully saturated rings. The largest absolute Gasteiger partial charge is 0.465 e. The van der Waals surface area contributed by atoms with Crippen LogP contribution in [0, 0.1) is 6.92 Å². The van der Waals surface area contributed by atoms with Crippen molar-refractivity contribution < 1.29 is 14.0 Å². The van der Waals surface area contributed by atoms with Crippen LogP contribution >= 0.6 is 0 Å². The highest BCUT2D eigenvalue weighted by molar-refractivity contribution is 6.74. The molecule has 0 N–H and O–H groups in total. The molecule has 1 aromatic heterocycles. The van der Waals surface area contributed by atoms with Crippen LogP contribution in [-0.2, 0) is 22.8 Å². The minimum Gasteiger partial charge on any atom is -0.465 e. The second-order valence-electron chi connectivity index (χ2n) is 6.73. The molecule has 0 unspecified atom stereocenters. The highest BCUT2D eigenvalue weighted by atomic mass is 28.4. The molecule has 0 amide bonds. The molecule has 0 bridgehead atoms. The normalized spacial score (nSPS) is 12.6. The number of carbonyl (C=O) groups excluding carboxylic acids is 1. The van der Waals surface area contributed by atoms with Crippen LogP contribution in [0.3, 0.4) is 0 Å². The lowest BCUT2D eigenvalue weighted by atomic mass is 10.2. The quantitative estimate of drug-likeness (QED) is 0.629. The molecule has 1 rings (SSSR count). The Morgan fingerprint density at radius 1 is 1.35 bits per heavy atom. The Balaban J connectivity index is 2.93. The SMILES string of the molecule is COC(=O)c1cc(CO[Si](C)(C)C(C)(C)C)n(C)c1C. The topological polar surface area (TPSA) is 40.5 Å². The zero-order valence-corrected chi connectivity index (χ0v) is 15.0. The van der Waals surface area contributed by atoms with E-state index in [0.717, 1.165) is 11.4 Å². The molecule has 1 heterocycles. The molecule has 0 saturated heterocycles. The van der Waals surface area contributed by atoms with Gasteiger partial charge in [0.2, 0.25) is 0 Å². The van der Waals surface area contributed by atoms with Crippen molar-refractivity contribution in [1.29, 1.82) is 0 Å². The number of esters is 1. The molecule has 0 saturated carbocycles. The van der Waals surface area contributed by atoms with Gasteiger partial charge in [-0.1, -0.05) is 20.8 Å². The Morgan fingerprint density at radius 2 is 1.90 bits per heavy atom. The zero-order valence-electron chi connectivity index (χ0n) is 14.0. The fourth-order valence-corrected chi connectivity index (χ4v) is 2.63. The van der Waals surface area contributed by atoms with Crippen LogP contribution in [-0.4, -0.2) is 26.0 Å². The molecule has 114 valence electrons. The van der Waals surface area contributed by atoms with Gasteiger partial charge in [-0.2, -0.15) is 0 Å². The number of nitrogens with zero attached hydrogens (tertiary/aromatic N) is 1. The highest BCUT2D eigenvalue weighted by Gasteiger charge is 2.37. The fraction of sp³-hybridized carbons (Fsp3) is 0.667. The van der Waals surface area contributed by atoms with Crippen molar-refractivity contribution >= 4 is 14.3 Å². The van der Waals surface area contributed by atoms with Gasteiger partial charge < -0.3 is 13.7 Å². The average Bonchev–Trinajstić information content (AvgIpc) is 2.62. The standard InChI is InChI=1S/C15H27NO3Si/c1-11-13(14(17)18-6)9-12(16(11)5)10-19-20(7,8)15(2,3)4/h9H,10H2,1-8H3. The van der Waals surface area contributed by atoms with Crippen molar-refractivity contribution in [2.24, 2.45) is 7.05 Å². The van der Waals surface area contributed by atoms with Crippen molar-refractivity contribution in [3.05, 3.63) is 23.0 Å². The van der Waals surface area contributed by atoms with E-state index in [4.69, 9.17) is 9.16 Å². The van der Waals surface area contributed by atoms with Gasteiger partial charge in [0, 0.05) is 18.4 Å². The number of carbonyl (C=O) groups is 1. The summed E-state index contributed by atoms with van der Waals surface area (Å²) in [7, 11) is 1.57. The van der Waals surface area contributed by atoms with E-state index in [9.17, 15) is 4.79 Å². The summed E-state index contributed by atoms with van der Waals surface area (Å²) in [5.74, 6) is -0.295. The smallest absolute Gasteiger partial charge is 0.339 e. The number of methoxy groups -OCH3 is 1. The highest BCUT2D eigenvalue weighted by Crippen LogP contribution is 2.37. The van der Waals surface area contributed by atoms with Crippen LogP contribution in [0.25, 0.3) is 0 Å². The molecule has 0 spiro atoms. The first-order chi connectivity index (χ1) is 9.01. The predicted molar refractivity (Wildman–Crippen MR) is 83.5 cm³/mol. The number of ether oxygens (including phenoxy) is 1. The lowest BCUT2D eigenvalue weighted by molar-refractivity contribution is 0.0600. The molecule has 20 heavy (non-hydrogen) atoms. The Bertz CT molecular complexity index is 498. The second-order valence-corrected chi connectivity index (χ2v) is 11.5. The van der Waals surface area contributed by atoms with Gasteiger partial charge in [-0.3, -0.25) is 0 Å². The monoisotopic (exact) mass is 297 g/mol. The van der Waals surface area contributed by atoms with Crippen LogP contribution < -0.4 is 0 Å². The summed E-state index contributed by atoms with van der Waals surface area (Å²) in [6.45, 7) is 13.6. The first kappa shape index (κ1) is 17.0. The van der Waals surface area contributed by atoms with Gasteiger partial charge in [-0.05, 0) is 31.1 Å². The van der Waals surface area contributed by atoms with Crippen molar-refractivity contribution in [3.8, 4) is 0 Å². The number of rotatable bonds is 4. The maximum absolute atomic E-state index is 11.7. The summed E-state index contributed by atoms with van der Waals surface area (Å²) in [4.78, 5) is 11.7. The Labute approximate surface area is 123 Å². The minimum absolute atomic E-state index is 0.179. The second kappa shape index (κ2) is 5.74. The molecular formula is C15H27NO3Si. The first-order valence-electron chi connectivity index (χ1n) is 6.88. The summed E-state index contributed by atoms with van der Waals surface area (Å²) in [6, 6.07) is 1.87. The molecule has 5 heteroatoms. The third kappa shape index (κ3) is 3.33. The molecule has 4 nitrogen and oxygen atoms in total. The van der Waals surface area contributed by atoms with Gasteiger partial charge in [0.15, 0.2) is 8.32 Å². The number of hydrogen-bond donors (Lipinski definition) is 0. The van der Waals surface area contributed by atoms with Crippen molar-refractivity contribution in [1.82, 2.24) is 4.57 Å². The summed E-state index contributed by atoms with van der Waals surface area (Å²) in [6.07, 6.45) is 0. The molecule has 1 aromatic rings. The Morgan fingerprint density at radius 3 is 2.35 bits per heavy atom. The molecule has 0 aliphatic heterocycles. The van der Waals surface area contributed by atoms with E-state index in [1.807, 2.05) is 24.6 Å². The van der Waals surface area contributed by atoms with E-state index in [2.05, 4.69) is 33.9 Å². The van der Waals surface area contributed by atoms with Crippen molar-refractivity contribution in [3.63, 3.8) is 0 Å². The van der Waals surface area contributed by atoms with Gasteiger partial charge in [-0.15, -0.1) is 0 Å². The Hall–Kier alpha value is -1.07. The van der Waals surface area contributed by atoms with Gasteiger partial charge in [0.25, 0.3) is 0 Å². The van der Waals surface area contributed by atoms with Crippen LogP contribution in [0.5, 0.6) is 0 Å². The zero-order chi connectivity index (χ0) is 15.7. The lowest BCUT2D eigenvalue weighted by Gasteiger charge is -2.36. The molecule has 0 aliphatic rings. The van der Waals surface area contributed by atoms with Crippen LogP contribution in [0.4, 0.5) is 0 Å². The fourth-order valence-electron chi connectivity index (χ4n) is 1.69. The lowest BCUT2D eigenvalue weighted by Crippen LogP contribution is -2.40. The molecule has 0 atom stereocenters. The van der Waals surface area contributed by atoms with E-state index in [0.29, 0.717) is 12.2 Å². The summed E-state index contributed by atoms with van der Waals surface area (Å²) >= 11 is 0.